The molecule has 0 spiro atoms. The molecule has 0 fully saturated rings. The molecule has 1 aromatic rings. The molecule has 5 heteroatoms. The molecule has 0 radical (unpaired) electrons. The minimum atomic E-state index is -4.19. The van der Waals surface area contributed by atoms with E-state index in [0.29, 0.717) is 19.4 Å². The smallest absolute Gasteiger partial charge is 0.389 e. The van der Waals surface area contributed by atoms with Crippen molar-refractivity contribution in [1.29, 1.82) is 0 Å². The van der Waals surface area contributed by atoms with Crippen LogP contribution >= 0.6 is 0 Å². The number of rotatable bonds is 5. The van der Waals surface area contributed by atoms with Crippen molar-refractivity contribution in [3.63, 3.8) is 0 Å². The predicted octanol–water partition coefficient (Wildman–Crippen LogP) is 3.26. The third-order valence-electron chi connectivity index (χ3n) is 3.28. The van der Waals surface area contributed by atoms with E-state index in [9.17, 15) is 18.3 Å². The molecule has 1 N–H and O–H groups in total. The average molecular weight is 274 g/mol. The zero-order valence-electron chi connectivity index (χ0n) is 10.5. The second-order valence-electron chi connectivity index (χ2n) is 4.89. The van der Waals surface area contributed by atoms with Crippen molar-refractivity contribution in [1.82, 2.24) is 0 Å². The van der Waals surface area contributed by atoms with Gasteiger partial charge in [0, 0.05) is 12.8 Å². The SMILES string of the molecule is OC(CCc1ccc2c(c1)CCO2)CCC(F)(F)F. The summed E-state index contributed by atoms with van der Waals surface area (Å²) in [6, 6.07) is 5.80. The van der Waals surface area contributed by atoms with Crippen molar-refractivity contribution in [3.8, 4) is 5.75 Å². The van der Waals surface area contributed by atoms with Crippen LogP contribution in [0.4, 0.5) is 13.2 Å². The van der Waals surface area contributed by atoms with Crippen LogP contribution in [0, 0.1) is 0 Å². The molecule has 0 aliphatic carbocycles. The van der Waals surface area contributed by atoms with E-state index in [2.05, 4.69) is 0 Å². The van der Waals surface area contributed by atoms with E-state index in [0.717, 1.165) is 23.3 Å². The summed E-state index contributed by atoms with van der Waals surface area (Å²) >= 11 is 0. The molecule has 1 aliphatic rings. The number of benzene rings is 1. The zero-order valence-corrected chi connectivity index (χ0v) is 10.5. The van der Waals surface area contributed by atoms with Gasteiger partial charge in [-0.2, -0.15) is 13.2 Å². The van der Waals surface area contributed by atoms with Crippen molar-refractivity contribution < 1.29 is 23.0 Å². The summed E-state index contributed by atoms with van der Waals surface area (Å²) in [4.78, 5) is 0. The van der Waals surface area contributed by atoms with Crippen molar-refractivity contribution in [2.75, 3.05) is 6.61 Å². The minimum absolute atomic E-state index is 0.225. The maximum atomic E-state index is 12.0. The Balaban J connectivity index is 1.79. The van der Waals surface area contributed by atoms with Gasteiger partial charge >= 0.3 is 6.18 Å². The molecule has 1 heterocycles. The summed E-state index contributed by atoms with van der Waals surface area (Å²) in [5.41, 5.74) is 2.18. The van der Waals surface area contributed by atoms with Crippen LogP contribution in [0.1, 0.15) is 30.4 Å². The molecule has 1 aliphatic heterocycles. The fraction of sp³-hybridized carbons (Fsp3) is 0.571. The van der Waals surface area contributed by atoms with Gasteiger partial charge in [0.25, 0.3) is 0 Å². The van der Waals surface area contributed by atoms with Gasteiger partial charge in [0.05, 0.1) is 12.7 Å². The number of aryl methyl sites for hydroxylation is 1. The first kappa shape index (κ1) is 14.2. The standard InChI is InChI=1S/C14H17F3O2/c15-14(16,17)7-5-12(18)3-1-10-2-4-13-11(9-10)6-8-19-13/h2,4,9,12,18H,1,3,5-8H2. The number of aliphatic hydroxyl groups excluding tert-OH is 1. The predicted molar refractivity (Wildman–Crippen MR) is 65.3 cm³/mol. The molecule has 2 nitrogen and oxygen atoms in total. The first-order chi connectivity index (χ1) is 8.94. The van der Waals surface area contributed by atoms with Crippen molar-refractivity contribution in [2.45, 2.75) is 44.4 Å². The van der Waals surface area contributed by atoms with E-state index >= 15 is 0 Å². The van der Waals surface area contributed by atoms with Crippen LogP contribution in [0.15, 0.2) is 18.2 Å². The van der Waals surface area contributed by atoms with Gasteiger partial charge in [0.1, 0.15) is 5.75 Å². The Labute approximate surface area is 110 Å². The molecule has 0 saturated carbocycles. The molecule has 0 aromatic heterocycles. The first-order valence-electron chi connectivity index (χ1n) is 6.43. The van der Waals surface area contributed by atoms with Crippen LogP contribution in [0.2, 0.25) is 0 Å². The van der Waals surface area contributed by atoms with E-state index in [1.807, 2.05) is 18.2 Å². The Bertz CT molecular complexity index is 429. The number of aliphatic hydroxyl groups is 1. The summed E-state index contributed by atoms with van der Waals surface area (Å²) in [6.45, 7) is 0.687. The highest BCUT2D eigenvalue weighted by atomic mass is 19.4. The third-order valence-corrected chi connectivity index (χ3v) is 3.28. The Morgan fingerprint density at radius 1 is 1.26 bits per heavy atom. The Hall–Kier alpha value is -1.23. The van der Waals surface area contributed by atoms with Gasteiger partial charge in [0.15, 0.2) is 0 Å². The van der Waals surface area contributed by atoms with Gasteiger partial charge in [-0.05, 0) is 36.5 Å². The monoisotopic (exact) mass is 274 g/mol. The molecule has 0 amide bonds. The van der Waals surface area contributed by atoms with Gasteiger partial charge < -0.3 is 9.84 Å². The van der Waals surface area contributed by atoms with E-state index in [1.165, 1.54) is 0 Å². The largest absolute Gasteiger partial charge is 0.493 e. The van der Waals surface area contributed by atoms with Gasteiger partial charge in [-0.15, -0.1) is 0 Å². The Morgan fingerprint density at radius 2 is 2.05 bits per heavy atom. The lowest BCUT2D eigenvalue weighted by Gasteiger charge is -2.12. The van der Waals surface area contributed by atoms with Crippen LogP contribution in [-0.2, 0) is 12.8 Å². The number of ether oxygens (including phenoxy) is 1. The molecule has 0 bridgehead atoms. The molecule has 1 unspecified atom stereocenters. The highest BCUT2D eigenvalue weighted by molar-refractivity contribution is 5.39. The maximum absolute atomic E-state index is 12.0. The first-order valence-corrected chi connectivity index (χ1v) is 6.43. The number of alkyl halides is 3. The zero-order chi connectivity index (χ0) is 13.9. The molecule has 2 rings (SSSR count). The molecule has 0 saturated heterocycles. The quantitative estimate of drug-likeness (QED) is 0.893. The molecule has 1 aromatic carbocycles. The van der Waals surface area contributed by atoms with Crippen molar-refractivity contribution in [3.05, 3.63) is 29.3 Å². The molecular weight excluding hydrogens is 257 g/mol. The van der Waals surface area contributed by atoms with E-state index in [4.69, 9.17) is 4.74 Å². The maximum Gasteiger partial charge on any atom is 0.389 e. The van der Waals surface area contributed by atoms with Gasteiger partial charge in [-0.25, -0.2) is 0 Å². The van der Waals surface area contributed by atoms with E-state index < -0.39 is 18.7 Å². The number of hydrogen-bond donors (Lipinski definition) is 1. The summed E-state index contributed by atoms with van der Waals surface area (Å²) in [5.74, 6) is 0.890. The average Bonchev–Trinajstić information content (AvgIpc) is 2.80. The Kier molecular flexibility index (Phi) is 4.34. The fourth-order valence-corrected chi connectivity index (χ4v) is 2.20. The van der Waals surface area contributed by atoms with Crippen molar-refractivity contribution >= 4 is 0 Å². The van der Waals surface area contributed by atoms with E-state index in [1.54, 1.807) is 0 Å². The lowest BCUT2D eigenvalue weighted by molar-refractivity contribution is -0.140. The topological polar surface area (TPSA) is 29.5 Å². The molecular formula is C14H17F3O2. The summed E-state index contributed by atoms with van der Waals surface area (Å²) in [6.07, 6.45) is -4.41. The minimum Gasteiger partial charge on any atom is -0.493 e. The second-order valence-corrected chi connectivity index (χ2v) is 4.89. The summed E-state index contributed by atoms with van der Waals surface area (Å²) < 4.78 is 41.4. The number of halogens is 3. The normalized spacial score (nSPS) is 16.0. The van der Waals surface area contributed by atoms with Crippen LogP contribution in [0.25, 0.3) is 0 Å². The molecule has 1 atom stereocenters. The molecule has 106 valence electrons. The molecule has 19 heavy (non-hydrogen) atoms. The van der Waals surface area contributed by atoms with E-state index in [-0.39, 0.29) is 6.42 Å². The number of hydrogen-bond acceptors (Lipinski definition) is 2. The lowest BCUT2D eigenvalue weighted by Crippen LogP contribution is -2.15. The number of fused-ring (bicyclic) bond motifs is 1. The van der Waals surface area contributed by atoms with Gasteiger partial charge in [-0.3, -0.25) is 0 Å². The summed E-state index contributed by atoms with van der Waals surface area (Å²) in [5, 5.41) is 9.54. The fourth-order valence-electron chi connectivity index (χ4n) is 2.20. The van der Waals surface area contributed by atoms with Crippen LogP contribution in [0.5, 0.6) is 5.75 Å². The highest BCUT2D eigenvalue weighted by Gasteiger charge is 2.27. The summed E-state index contributed by atoms with van der Waals surface area (Å²) in [7, 11) is 0. The van der Waals surface area contributed by atoms with Gasteiger partial charge in [0.2, 0.25) is 0 Å². The Morgan fingerprint density at radius 3 is 2.79 bits per heavy atom. The van der Waals surface area contributed by atoms with Crippen LogP contribution in [-0.4, -0.2) is 24.0 Å². The highest BCUT2D eigenvalue weighted by Crippen LogP contribution is 2.27. The lowest BCUT2D eigenvalue weighted by atomic mass is 10.0. The van der Waals surface area contributed by atoms with Crippen molar-refractivity contribution in [2.24, 2.45) is 0 Å². The second kappa shape index (κ2) is 5.82. The van der Waals surface area contributed by atoms with Gasteiger partial charge in [-0.1, -0.05) is 12.1 Å². The van der Waals surface area contributed by atoms with Crippen LogP contribution in [0.3, 0.4) is 0 Å². The van der Waals surface area contributed by atoms with Crippen LogP contribution < -0.4 is 4.74 Å². The third kappa shape index (κ3) is 4.42.